The molecule has 2 unspecified atom stereocenters. The topological polar surface area (TPSA) is 116 Å². The fraction of sp³-hybridized carbons (Fsp3) is 0.429. The van der Waals surface area contributed by atoms with Gasteiger partial charge in [-0.1, -0.05) is 6.42 Å². The number of hydrogen-bond acceptors (Lipinski definition) is 5. The number of carboxylic acids is 1. The van der Waals surface area contributed by atoms with E-state index in [9.17, 15) is 20.0 Å². The minimum Gasteiger partial charge on any atom is -0.481 e. The van der Waals surface area contributed by atoms with Gasteiger partial charge in [0.2, 0.25) is 0 Å². The van der Waals surface area contributed by atoms with Gasteiger partial charge in [0.25, 0.3) is 5.69 Å². The summed E-state index contributed by atoms with van der Waals surface area (Å²) in [5.41, 5.74) is -0.714. The van der Waals surface area contributed by atoms with Crippen molar-refractivity contribution in [3.8, 4) is 6.07 Å². The van der Waals surface area contributed by atoms with E-state index in [1.807, 2.05) is 6.07 Å². The van der Waals surface area contributed by atoms with Crippen molar-refractivity contribution in [1.29, 1.82) is 5.26 Å². The normalized spacial score (nSPS) is 24.3. The Morgan fingerprint density at radius 1 is 1.62 bits per heavy atom. The van der Waals surface area contributed by atoms with Crippen LogP contribution in [-0.2, 0) is 4.79 Å². The molecule has 0 amide bonds. The molecule has 7 heteroatoms. The van der Waals surface area contributed by atoms with Gasteiger partial charge in [-0.05, 0) is 31.9 Å². The third-order valence-corrected chi connectivity index (χ3v) is 4.10. The number of aliphatic carboxylic acids is 1. The molecule has 2 atom stereocenters. The van der Waals surface area contributed by atoms with Gasteiger partial charge in [0.15, 0.2) is 0 Å². The maximum Gasteiger partial charge on any atom is 0.311 e. The molecule has 1 aromatic carbocycles. The molecule has 0 aromatic heterocycles. The molecular weight excluding hydrogens is 274 g/mol. The van der Waals surface area contributed by atoms with Crippen molar-refractivity contribution in [2.45, 2.75) is 32.2 Å². The van der Waals surface area contributed by atoms with Crippen molar-refractivity contribution in [1.82, 2.24) is 0 Å². The molecule has 1 aliphatic carbocycles. The first-order valence-electron chi connectivity index (χ1n) is 6.57. The summed E-state index contributed by atoms with van der Waals surface area (Å²) in [4.78, 5) is 22.0. The van der Waals surface area contributed by atoms with Crippen LogP contribution in [0.5, 0.6) is 0 Å². The van der Waals surface area contributed by atoms with Gasteiger partial charge in [0.05, 0.1) is 22.0 Å². The van der Waals surface area contributed by atoms with Crippen molar-refractivity contribution in [2.24, 2.45) is 5.41 Å². The Kier molecular flexibility index (Phi) is 3.80. The van der Waals surface area contributed by atoms with Gasteiger partial charge in [-0.15, -0.1) is 0 Å². The molecular formula is C14H15N3O4. The van der Waals surface area contributed by atoms with Crippen LogP contribution in [0.15, 0.2) is 18.2 Å². The van der Waals surface area contributed by atoms with E-state index in [4.69, 9.17) is 5.26 Å². The minimum atomic E-state index is -0.943. The smallest absolute Gasteiger partial charge is 0.311 e. The average molecular weight is 289 g/mol. The molecule has 0 radical (unpaired) electrons. The zero-order chi connectivity index (χ0) is 15.6. The SMILES string of the molecule is CC1(C(=O)O)CCCC1Nc1ccc(C#N)cc1[N+](=O)[O-]. The zero-order valence-corrected chi connectivity index (χ0v) is 11.5. The highest BCUT2D eigenvalue weighted by Crippen LogP contribution is 2.41. The Morgan fingerprint density at radius 2 is 2.33 bits per heavy atom. The average Bonchev–Trinajstić information content (AvgIpc) is 2.82. The van der Waals surface area contributed by atoms with E-state index in [-0.39, 0.29) is 23.0 Å². The Morgan fingerprint density at radius 3 is 2.90 bits per heavy atom. The van der Waals surface area contributed by atoms with Gasteiger partial charge in [-0.25, -0.2) is 0 Å². The Balaban J connectivity index is 2.34. The van der Waals surface area contributed by atoms with Gasteiger partial charge in [-0.3, -0.25) is 14.9 Å². The fourth-order valence-electron chi connectivity index (χ4n) is 2.72. The quantitative estimate of drug-likeness (QED) is 0.649. The first-order chi connectivity index (χ1) is 9.88. The number of carbonyl (C=O) groups is 1. The molecule has 7 nitrogen and oxygen atoms in total. The molecule has 21 heavy (non-hydrogen) atoms. The van der Waals surface area contributed by atoms with E-state index < -0.39 is 16.3 Å². The van der Waals surface area contributed by atoms with Crippen LogP contribution in [0.3, 0.4) is 0 Å². The number of hydrogen-bond donors (Lipinski definition) is 2. The van der Waals surface area contributed by atoms with Crippen molar-refractivity contribution >= 4 is 17.3 Å². The molecule has 1 aromatic rings. The number of anilines is 1. The highest BCUT2D eigenvalue weighted by Gasteiger charge is 2.45. The summed E-state index contributed by atoms with van der Waals surface area (Å²) in [6.45, 7) is 1.65. The summed E-state index contributed by atoms with van der Waals surface area (Å²) < 4.78 is 0. The summed E-state index contributed by atoms with van der Waals surface area (Å²) >= 11 is 0. The largest absolute Gasteiger partial charge is 0.481 e. The van der Waals surface area contributed by atoms with Crippen molar-refractivity contribution in [3.05, 3.63) is 33.9 Å². The standard InChI is InChI=1S/C14H15N3O4/c1-14(13(18)19)6-2-3-12(14)16-10-5-4-9(8-15)7-11(10)17(20)21/h4-5,7,12,16H,2-3,6H2,1H3,(H,18,19). The third-order valence-electron chi connectivity index (χ3n) is 4.10. The van der Waals surface area contributed by atoms with Gasteiger partial charge in [0, 0.05) is 12.1 Å². The van der Waals surface area contributed by atoms with Crippen LogP contribution >= 0.6 is 0 Å². The van der Waals surface area contributed by atoms with E-state index >= 15 is 0 Å². The van der Waals surface area contributed by atoms with Crippen LogP contribution in [-0.4, -0.2) is 22.0 Å². The number of nitro groups is 1. The van der Waals surface area contributed by atoms with E-state index in [0.717, 1.165) is 6.42 Å². The predicted octanol–water partition coefficient (Wildman–Crippen LogP) is 2.52. The van der Waals surface area contributed by atoms with Crippen LogP contribution in [0.1, 0.15) is 31.7 Å². The van der Waals surface area contributed by atoms with E-state index in [1.165, 1.54) is 18.2 Å². The lowest BCUT2D eigenvalue weighted by molar-refractivity contribution is -0.384. The molecule has 1 aliphatic rings. The summed E-state index contributed by atoms with van der Waals surface area (Å²) in [5.74, 6) is -0.909. The molecule has 110 valence electrons. The number of benzene rings is 1. The van der Waals surface area contributed by atoms with Crippen molar-refractivity contribution < 1.29 is 14.8 Å². The van der Waals surface area contributed by atoms with E-state index in [0.29, 0.717) is 12.8 Å². The minimum absolute atomic E-state index is 0.194. The number of nitrogens with zero attached hydrogens (tertiary/aromatic N) is 2. The molecule has 0 aliphatic heterocycles. The molecule has 1 fully saturated rings. The Bertz CT molecular complexity index is 638. The Labute approximate surface area is 121 Å². The van der Waals surface area contributed by atoms with Crippen LogP contribution in [0.25, 0.3) is 0 Å². The summed E-state index contributed by atoms with van der Waals surface area (Å²) in [6, 6.07) is 5.60. The maximum absolute atomic E-state index is 11.4. The highest BCUT2D eigenvalue weighted by atomic mass is 16.6. The van der Waals surface area contributed by atoms with Crippen molar-refractivity contribution in [3.63, 3.8) is 0 Å². The highest BCUT2D eigenvalue weighted by molar-refractivity contribution is 5.77. The summed E-state index contributed by atoms with van der Waals surface area (Å²) in [6.07, 6.45) is 1.93. The van der Waals surface area contributed by atoms with Crippen LogP contribution in [0.4, 0.5) is 11.4 Å². The Hall–Kier alpha value is -2.62. The number of nitro benzene ring substituents is 1. The lowest BCUT2D eigenvalue weighted by Gasteiger charge is -2.28. The monoisotopic (exact) mass is 289 g/mol. The van der Waals surface area contributed by atoms with Crippen molar-refractivity contribution in [2.75, 3.05) is 5.32 Å². The molecule has 2 N–H and O–H groups in total. The molecule has 2 rings (SSSR count). The van der Waals surface area contributed by atoms with E-state index in [2.05, 4.69) is 5.32 Å². The second kappa shape index (κ2) is 5.40. The fourth-order valence-corrected chi connectivity index (χ4v) is 2.72. The molecule has 0 heterocycles. The number of nitriles is 1. The number of rotatable bonds is 4. The van der Waals surface area contributed by atoms with Gasteiger partial charge in [-0.2, -0.15) is 5.26 Å². The van der Waals surface area contributed by atoms with Gasteiger partial charge < -0.3 is 10.4 Å². The molecule has 0 spiro atoms. The van der Waals surface area contributed by atoms with E-state index in [1.54, 1.807) is 6.92 Å². The summed E-state index contributed by atoms with van der Waals surface area (Å²) in [7, 11) is 0. The molecule has 1 saturated carbocycles. The molecule has 0 saturated heterocycles. The van der Waals surface area contributed by atoms with Gasteiger partial charge >= 0.3 is 5.97 Å². The zero-order valence-electron chi connectivity index (χ0n) is 11.5. The maximum atomic E-state index is 11.4. The molecule has 0 bridgehead atoms. The number of nitrogens with one attached hydrogen (secondary N) is 1. The first kappa shape index (κ1) is 14.8. The second-order valence-corrected chi connectivity index (χ2v) is 5.41. The first-order valence-corrected chi connectivity index (χ1v) is 6.57. The van der Waals surface area contributed by atoms with Crippen LogP contribution in [0, 0.1) is 26.9 Å². The second-order valence-electron chi connectivity index (χ2n) is 5.41. The van der Waals surface area contributed by atoms with Crippen LogP contribution < -0.4 is 5.32 Å². The van der Waals surface area contributed by atoms with Crippen LogP contribution in [0.2, 0.25) is 0 Å². The number of carboxylic acid groups (broad SMARTS) is 1. The predicted molar refractivity (Wildman–Crippen MR) is 74.8 cm³/mol. The summed E-state index contributed by atoms with van der Waals surface area (Å²) in [5, 5.41) is 32.2. The third kappa shape index (κ3) is 2.65. The lowest BCUT2D eigenvalue weighted by Crippen LogP contribution is -2.40. The lowest BCUT2D eigenvalue weighted by atomic mass is 9.84. The van der Waals surface area contributed by atoms with Gasteiger partial charge in [0.1, 0.15) is 5.69 Å².